The first-order valence-electron chi connectivity index (χ1n) is 7.91. The minimum absolute atomic E-state index is 0.0192. The van der Waals surface area contributed by atoms with E-state index in [1.54, 1.807) is 11.0 Å². The van der Waals surface area contributed by atoms with Crippen molar-refractivity contribution < 1.29 is 18.9 Å². The normalized spacial score (nSPS) is 17.9. The minimum atomic E-state index is -0.517. The molecular weight excluding hydrogens is 346 g/mol. The lowest BCUT2D eigenvalue weighted by Gasteiger charge is -2.24. The number of nitro groups is 1. The highest BCUT2D eigenvalue weighted by Gasteiger charge is 2.31. The van der Waals surface area contributed by atoms with E-state index < -0.39 is 10.5 Å². The number of likely N-dealkylation sites (tertiary alicyclic amines) is 1. The van der Waals surface area contributed by atoms with Crippen molar-refractivity contribution in [2.24, 2.45) is 0 Å². The van der Waals surface area contributed by atoms with Crippen LogP contribution < -0.4 is 0 Å². The Labute approximate surface area is 148 Å². The van der Waals surface area contributed by atoms with Gasteiger partial charge in [-0.1, -0.05) is 11.8 Å². The number of aromatic nitrogens is 1. The SMILES string of the molecule is CC(C)(C)OC(=O)N1CC[C@@H](Sc2nc3cc([N+](=O)[O-])ccc3o2)C1. The van der Waals surface area contributed by atoms with Gasteiger partial charge in [-0.25, -0.2) is 9.78 Å². The van der Waals surface area contributed by atoms with Crippen LogP contribution >= 0.6 is 11.8 Å². The van der Waals surface area contributed by atoms with E-state index in [1.807, 2.05) is 20.8 Å². The van der Waals surface area contributed by atoms with E-state index >= 15 is 0 Å². The van der Waals surface area contributed by atoms with Crippen molar-refractivity contribution in [1.82, 2.24) is 9.88 Å². The summed E-state index contributed by atoms with van der Waals surface area (Å²) >= 11 is 1.43. The molecule has 1 fully saturated rings. The van der Waals surface area contributed by atoms with Crippen LogP contribution in [0.25, 0.3) is 11.1 Å². The predicted octanol–water partition coefficient (Wildman–Crippen LogP) is 3.84. The van der Waals surface area contributed by atoms with Gasteiger partial charge in [0.15, 0.2) is 5.58 Å². The zero-order chi connectivity index (χ0) is 18.2. The summed E-state index contributed by atoms with van der Waals surface area (Å²) in [6.07, 6.45) is 0.492. The highest BCUT2D eigenvalue weighted by Crippen LogP contribution is 2.32. The molecule has 1 aromatic heterocycles. The predicted molar refractivity (Wildman–Crippen MR) is 92.7 cm³/mol. The lowest BCUT2D eigenvalue weighted by molar-refractivity contribution is -0.384. The van der Waals surface area contributed by atoms with Crippen LogP contribution in [0.5, 0.6) is 0 Å². The number of carbonyl (C=O) groups is 1. The first-order chi connectivity index (χ1) is 11.7. The molecule has 0 aliphatic carbocycles. The molecule has 0 N–H and O–H groups in total. The van der Waals surface area contributed by atoms with Gasteiger partial charge in [0.1, 0.15) is 11.1 Å². The third-order valence-corrected chi connectivity index (χ3v) is 4.72. The van der Waals surface area contributed by atoms with Gasteiger partial charge >= 0.3 is 6.09 Å². The number of hydrogen-bond acceptors (Lipinski definition) is 7. The number of nitrogens with zero attached hydrogens (tertiary/aromatic N) is 3. The number of rotatable bonds is 3. The molecule has 2 aromatic rings. The van der Waals surface area contributed by atoms with E-state index in [9.17, 15) is 14.9 Å². The van der Waals surface area contributed by atoms with Crippen molar-refractivity contribution in [3.63, 3.8) is 0 Å². The summed E-state index contributed by atoms with van der Waals surface area (Å²) < 4.78 is 11.0. The number of carbonyl (C=O) groups excluding carboxylic acids is 1. The van der Waals surface area contributed by atoms with Crippen LogP contribution in [0.1, 0.15) is 27.2 Å². The van der Waals surface area contributed by atoms with Gasteiger partial charge in [-0.2, -0.15) is 0 Å². The quantitative estimate of drug-likeness (QED) is 0.602. The minimum Gasteiger partial charge on any atom is -0.444 e. The van der Waals surface area contributed by atoms with Gasteiger partial charge in [-0.15, -0.1) is 0 Å². The molecule has 0 radical (unpaired) electrons. The topological polar surface area (TPSA) is 98.7 Å². The third-order valence-electron chi connectivity index (χ3n) is 3.63. The molecule has 0 saturated carbocycles. The Bertz CT molecular complexity index is 814. The second-order valence-corrected chi connectivity index (χ2v) is 8.10. The number of fused-ring (bicyclic) bond motifs is 1. The van der Waals surface area contributed by atoms with Gasteiger partial charge in [-0.05, 0) is 33.3 Å². The molecule has 25 heavy (non-hydrogen) atoms. The number of ether oxygens (including phenoxy) is 1. The Morgan fingerprint density at radius 2 is 2.24 bits per heavy atom. The van der Waals surface area contributed by atoms with Crippen molar-refractivity contribution in [3.8, 4) is 0 Å². The molecule has 1 aliphatic rings. The maximum atomic E-state index is 12.1. The molecule has 1 saturated heterocycles. The number of benzene rings is 1. The number of thioether (sulfide) groups is 1. The largest absolute Gasteiger partial charge is 0.444 e. The number of oxazole rings is 1. The Morgan fingerprint density at radius 3 is 2.92 bits per heavy atom. The smallest absolute Gasteiger partial charge is 0.410 e. The van der Waals surface area contributed by atoms with E-state index in [-0.39, 0.29) is 17.0 Å². The van der Waals surface area contributed by atoms with Gasteiger partial charge in [0, 0.05) is 30.5 Å². The highest BCUT2D eigenvalue weighted by atomic mass is 32.2. The summed E-state index contributed by atoms with van der Waals surface area (Å²) in [6, 6.07) is 4.33. The Kier molecular flexibility index (Phi) is 4.59. The zero-order valence-corrected chi connectivity index (χ0v) is 15.0. The van der Waals surface area contributed by atoms with Crippen molar-refractivity contribution in [2.45, 2.75) is 43.3 Å². The number of nitro benzene ring substituents is 1. The molecule has 1 aromatic carbocycles. The van der Waals surface area contributed by atoms with Crippen LogP contribution in [0.2, 0.25) is 0 Å². The molecule has 0 unspecified atom stereocenters. The fourth-order valence-electron chi connectivity index (χ4n) is 2.52. The highest BCUT2D eigenvalue weighted by molar-refractivity contribution is 7.99. The maximum absolute atomic E-state index is 12.1. The van der Waals surface area contributed by atoms with Crippen molar-refractivity contribution in [2.75, 3.05) is 13.1 Å². The van der Waals surface area contributed by atoms with Gasteiger partial charge in [0.05, 0.1) is 4.92 Å². The lowest BCUT2D eigenvalue weighted by Crippen LogP contribution is -2.35. The van der Waals surface area contributed by atoms with Crippen LogP contribution in [0.15, 0.2) is 27.8 Å². The molecule has 0 spiro atoms. The third kappa shape index (κ3) is 4.22. The van der Waals surface area contributed by atoms with Gasteiger partial charge in [-0.3, -0.25) is 10.1 Å². The Morgan fingerprint density at radius 1 is 1.48 bits per heavy atom. The summed E-state index contributed by atoms with van der Waals surface area (Å²) in [5.41, 5.74) is 0.431. The summed E-state index contributed by atoms with van der Waals surface area (Å²) in [5, 5.41) is 11.4. The molecule has 1 amide bonds. The second-order valence-electron chi connectivity index (χ2n) is 6.84. The van der Waals surface area contributed by atoms with E-state index in [0.29, 0.717) is 29.4 Å². The van der Waals surface area contributed by atoms with E-state index in [2.05, 4.69) is 4.98 Å². The fourth-order valence-corrected chi connectivity index (χ4v) is 3.57. The van der Waals surface area contributed by atoms with Gasteiger partial charge in [0.25, 0.3) is 10.9 Å². The molecular formula is C16H19N3O5S. The van der Waals surface area contributed by atoms with Gasteiger partial charge in [0.2, 0.25) is 0 Å². The summed E-state index contributed by atoms with van der Waals surface area (Å²) in [7, 11) is 0. The molecule has 9 heteroatoms. The van der Waals surface area contributed by atoms with Crippen LogP contribution in [0.4, 0.5) is 10.5 Å². The van der Waals surface area contributed by atoms with Crippen LogP contribution in [-0.4, -0.2) is 44.8 Å². The van der Waals surface area contributed by atoms with E-state index in [4.69, 9.17) is 9.15 Å². The Balaban J connectivity index is 1.64. The first kappa shape index (κ1) is 17.5. The number of amides is 1. The molecule has 1 aliphatic heterocycles. The van der Waals surface area contributed by atoms with Crippen molar-refractivity contribution in [1.29, 1.82) is 0 Å². The summed E-state index contributed by atoms with van der Waals surface area (Å²) in [5.74, 6) is 0. The van der Waals surface area contributed by atoms with Crippen molar-refractivity contribution >= 4 is 34.6 Å². The molecule has 2 heterocycles. The second kappa shape index (κ2) is 6.55. The number of non-ortho nitro benzene ring substituents is 1. The maximum Gasteiger partial charge on any atom is 0.410 e. The van der Waals surface area contributed by atoms with E-state index in [1.165, 1.54) is 23.9 Å². The standard InChI is InChI=1S/C16H19N3O5S/c1-16(2,3)24-15(20)18-7-6-11(9-18)25-14-17-12-8-10(19(21)22)4-5-13(12)23-14/h4-5,8,11H,6-7,9H2,1-3H3/t11-/m1/s1. The van der Waals surface area contributed by atoms with Crippen LogP contribution in [0.3, 0.4) is 0 Å². The van der Waals surface area contributed by atoms with Crippen LogP contribution in [-0.2, 0) is 4.74 Å². The van der Waals surface area contributed by atoms with Crippen molar-refractivity contribution in [3.05, 3.63) is 28.3 Å². The monoisotopic (exact) mass is 365 g/mol. The Hall–Kier alpha value is -2.29. The lowest BCUT2D eigenvalue weighted by atomic mass is 10.2. The number of hydrogen-bond donors (Lipinski definition) is 0. The van der Waals surface area contributed by atoms with Gasteiger partial charge < -0.3 is 14.1 Å². The zero-order valence-electron chi connectivity index (χ0n) is 14.2. The van der Waals surface area contributed by atoms with Crippen LogP contribution in [0, 0.1) is 10.1 Å². The summed E-state index contributed by atoms with van der Waals surface area (Å²) in [4.78, 5) is 28.4. The molecule has 1 atom stereocenters. The molecule has 0 bridgehead atoms. The molecule has 8 nitrogen and oxygen atoms in total. The average Bonchev–Trinajstić information content (AvgIpc) is 3.11. The van der Waals surface area contributed by atoms with E-state index in [0.717, 1.165) is 6.42 Å². The summed E-state index contributed by atoms with van der Waals surface area (Å²) in [6.45, 7) is 6.69. The molecule has 134 valence electrons. The molecule has 3 rings (SSSR count). The first-order valence-corrected chi connectivity index (χ1v) is 8.79. The average molecular weight is 365 g/mol. The fraction of sp³-hybridized carbons (Fsp3) is 0.500.